The number of amides is 1. The maximum atomic E-state index is 13.1. The van der Waals surface area contributed by atoms with Crippen LogP contribution in [-0.2, 0) is 11.3 Å². The average molecular weight is 420 g/mol. The van der Waals surface area contributed by atoms with Crippen molar-refractivity contribution in [1.82, 2.24) is 9.97 Å². The number of nitrogens with zero attached hydrogens (tertiary/aromatic N) is 3. The molecule has 0 N–H and O–H groups in total. The molecule has 0 aliphatic rings. The van der Waals surface area contributed by atoms with Crippen molar-refractivity contribution >= 4 is 32.6 Å². The van der Waals surface area contributed by atoms with E-state index < -0.39 is 0 Å². The molecular weight excluding hydrogens is 398 g/mol. The van der Waals surface area contributed by atoms with Crippen molar-refractivity contribution in [3.63, 3.8) is 0 Å². The first-order valence-corrected chi connectivity index (χ1v) is 10.5. The highest BCUT2D eigenvalue weighted by Crippen LogP contribution is 2.29. The van der Waals surface area contributed by atoms with Gasteiger partial charge in [-0.3, -0.25) is 14.7 Å². The van der Waals surface area contributed by atoms with Gasteiger partial charge in [-0.2, -0.15) is 0 Å². The van der Waals surface area contributed by atoms with Crippen LogP contribution in [0, 0.1) is 0 Å². The Morgan fingerprint density at radius 2 is 1.70 bits per heavy atom. The van der Waals surface area contributed by atoms with Gasteiger partial charge in [-0.15, -0.1) is 0 Å². The summed E-state index contributed by atoms with van der Waals surface area (Å²) in [4.78, 5) is 23.7. The summed E-state index contributed by atoms with van der Waals surface area (Å²) >= 11 is 1.48. The minimum Gasteiger partial charge on any atom is -0.494 e. The lowest BCUT2D eigenvalue weighted by Gasteiger charge is -2.19. The van der Waals surface area contributed by atoms with E-state index in [0.717, 1.165) is 21.7 Å². The SMILES string of the molecule is CCOc1ccc(OCC(=O)N(Cc2ccccn2)c2nc3ccccc3s2)cc1. The monoisotopic (exact) mass is 419 g/mol. The molecule has 0 aliphatic heterocycles. The predicted octanol–water partition coefficient (Wildman–Crippen LogP) is 4.70. The Balaban J connectivity index is 1.52. The van der Waals surface area contributed by atoms with Gasteiger partial charge in [-0.1, -0.05) is 29.5 Å². The first-order chi connectivity index (χ1) is 14.7. The fraction of sp³-hybridized carbons (Fsp3) is 0.174. The van der Waals surface area contributed by atoms with Gasteiger partial charge in [0.2, 0.25) is 0 Å². The third-order valence-corrected chi connectivity index (χ3v) is 5.42. The summed E-state index contributed by atoms with van der Waals surface area (Å²) in [6.45, 7) is 2.76. The second-order valence-corrected chi connectivity index (χ2v) is 7.47. The fourth-order valence-corrected chi connectivity index (χ4v) is 3.90. The van der Waals surface area contributed by atoms with Gasteiger partial charge in [-0.25, -0.2) is 4.98 Å². The molecule has 2 heterocycles. The van der Waals surface area contributed by atoms with E-state index in [9.17, 15) is 4.79 Å². The van der Waals surface area contributed by atoms with Crippen LogP contribution < -0.4 is 14.4 Å². The highest BCUT2D eigenvalue weighted by atomic mass is 32.1. The van der Waals surface area contributed by atoms with Crippen molar-refractivity contribution in [3.8, 4) is 11.5 Å². The van der Waals surface area contributed by atoms with E-state index in [1.54, 1.807) is 23.2 Å². The average Bonchev–Trinajstić information content (AvgIpc) is 3.21. The Bertz CT molecular complexity index is 1080. The van der Waals surface area contributed by atoms with Crippen LogP contribution in [0.25, 0.3) is 10.2 Å². The van der Waals surface area contributed by atoms with E-state index in [0.29, 0.717) is 24.0 Å². The molecule has 152 valence electrons. The summed E-state index contributed by atoms with van der Waals surface area (Å²) in [6, 6.07) is 20.7. The second-order valence-electron chi connectivity index (χ2n) is 6.46. The van der Waals surface area contributed by atoms with Crippen molar-refractivity contribution in [2.75, 3.05) is 18.1 Å². The molecule has 0 unspecified atom stereocenters. The van der Waals surface area contributed by atoms with Crippen LogP contribution in [0.4, 0.5) is 5.13 Å². The maximum Gasteiger partial charge on any atom is 0.267 e. The Kier molecular flexibility index (Phi) is 6.20. The summed E-state index contributed by atoms with van der Waals surface area (Å²) < 4.78 is 12.2. The van der Waals surface area contributed by atoms with Gasteiger partial charge in [0, 0.05) is 6.20 Å². The first-order valence-electron chi connectivity index (χ1n) is 9.64. The second kappa shape index (κ2) is 9.37. The van der Waals surface area contributed by atoms with Crippen molar-refractivity contribution in [3.05, 3.63) is 78.6 Å². The van der Waals surface area contributed by atoms with Gasteiger partial charge in [0.25, 0.3) is 5.91 Å². The van der Waals surface area contributed by atoms with Crippen LogP contribution in [0.5, 0.6) is 11.5 Å². The van der Waals surface area contributed by atoms with Crippen molar-refractivity contribution in [2.24, 2.45) is 0 Å². The van der Waals surface area contributed by atoms with E-state index in [1.807, 2.05) is 61.5 Å². The van der Waals surface area contributed by atoms with Gasteiger partial charge >= 0.3 is 0 Å². The molecule has 6 nitrogen and oxygen atoms in total. The molecule has 7 heteroatoms. The van der Waals surface area contributed by atoms with E-state index in [-0.39, 0.29) is 12.5 Å². The van der Waals surface area contributed by atoms with Gasteiger partial charge in [0.05, 0.1) is 29.1 Å². The van der Waals surface area contributed by atoms with Crippen LogP contribution in [0.3, 0.4) is 0 Å². The molecule has 0 saturated heterocycles. The quantitative estimate of drug-likeness (QED) is 0.414. The van der Waals surface area contributed by atoms with Crippen molar-refractivity contribution in [2.45, 2.75) is 13.5 Å². The molecular formula is C23H21N3O3S. The number of rotatable bonds is 8. The number of thiazole rings is 1. The standard InChI is InChI=1S/C23H21N3O3S/c1-2-28-18-10-12-19(13-11-18)29-16-22(27)26(15-17-7-5-6-14-24-17)23-25-20-8-3-4-9-21(20)30-23/h3-14H,2,15-16H2,1H3. The normalized spacial score (nSPS) is 10.7. The summed E-state index contributed by atoms with van der Waals surface area (Å²) in [7, 11) is 0. The number of fused-ring (bicyclic) bond motifs is 1. The third kappa shape index (κ3) is 4.75. The van der Waals surface area contributed by atoms with Crippen molar-refractivity contribution < 1.29 is 14.3 Å². The number of para-hydroxylation sites is 1. The zero-order chi connectivity index (χ0) is 20.8. The van der Waals surface area contributed by atoms with Crippen LogP contribution in [-0.4, -0.2) is 29.1 Å². The Morgan fingerprint density at radius 3 is 2.40 bits per heavy atom. The molecule has 0 aliphatic carbocycles. The number of benzene rings is 2. The van der Waals surface area contributed by atoms with Crippen LogP contribution in [0.2, 0.25) is 0 Å². The smallest absolute Gasteiger partial charge is 0.267 e. The van der Waals surface area contributed by atoms with Gasteiger partial charge < -0.3 is 9.47 Å². The molecule has 4 rings (SSSR count). The molecule has 0 radical (unpaired) electrons. The molecule has 0 atom stereocenters. The van der Waals surface area contributed by atoms with Crippen LogP contribution >= 0.6 is 11.3 Å². The van der Waals surface area contributed by atoms with E-state index >= 15 is 0 Å². The van der Waals surface area contributed by atoms with E-state index in [1.165, 1.54) is 11.3 Å². The van der Waals surface area contributed by atoms with Gasteiger partial charge in [-0.05, 0) is 55.5 Å². The molecule has 30 heavy (non-hydrogen) atoms. The molecule has 4 aromatic rings. The number of carbonyl (C=O) groups excluding carboxylic acids is 1. The minimum absolute atomic E-state index is 0.100. The predicted molar refractivity (Wildman–Crippen MR) is 118 cm³/mol. The van der Waals surface area contributed by atoms with E-state index in [2.05, 4.69) is 9.97 Å². The number of hydrogen-bond donors (Lipinski definition) is 0. The first kappa shape index (κ1) is 19.8. The lowest BCUT2D eigenvalue weighted by atomic mass is 10.3. The molecule has 1 amide bonds. The van der Waals surface area contributed by atoms with E-state index in [4.69, 9.17) is 9.47 Å². The number of pyridine rings is 1. The minimum atomic E-state index is -0.186. The lowest BCUT2D eigenvalue weighted by molar-refractivity contribution is -0.120. The molecule has 2 aromatic carbocycles. The molecule has 0 spiro atoms. The Hall–Kier alpha value is -3.45. The summed E-state index contributed by atoms with van der Waals surface area (Å²) in [5, 5.41) is 0.627. The topological polar surface area (TPSA) is 64.6 Å². The fourth-order valence-electron chi connectivity index (χ4n) is 2.91. The molecule has 2 aromatic heterocycles. The zero-order valence-electron chi connectivity index (χ0n) is 16.5. The summed E-state index contributed by atoms with van der Waals surface area (Å²) in [5.74, 6) is 1.19. The number of carbonyl (C=O) groups is 1. The van der Waals surface area contributed by atoms with Crippen LogP contribution in [0.15, 0.2) is 72.9 Å². The van der Waals surface area contributed by atoms with Gasteiger partial charge in [0.1, 0.15) is 11.5 Å². The highest BCUT2D eigenvalue weighted by molar-refractivity contribution is 7.22. The number of hydrogen-bond acceptors (Lipinski definition) is 6. The maximum absolute atomic E-state index is 13.1. The molecule has 0 bridgehead atoms. The van der Waals surface area contributed by atoms with Crippen molar-refractivity contribution in [1.29, 1.82) is 0 Å². The third-order valence-electron chi connectivity index (χ3n) is 4.36. The number of aromatic nitrogens is 2. The molecule has 0 fully saturated rings. The summed E-state index contributed by atoms with van der Waals surface area (Å²) in [6.07, 6.45) is 1.72. The Morgan fingerprint density at radius 1 is 0.967 bits per heavy atom. The number of anilines is 1. The zero-order valence-corrected chi connectivity index (χ0v) is 17.3. The van der Waals surface area contributed by atoms with Gasteiger partial charge in [0.15, 0.2) is 11.7 Å². The van der Waals surface area contributed by atoms with Crippen LogP contribution in [0.1, 0.15) is 12.6 Å². The lowest BCUT2D eigenvalue weighted by Crippen LogP contribution is -2.34. The molecule has 0 saturated carbocycles. The largest absolute Gasteiger partial charge is 0.494 e. The highest BCUT2D eigenvalue weighted by Gasteiger charge is 2.21. The number of ether oxygens (including phenoxy) is 2. The summed E-state index contributed by atoms with van der Waals surface area (Å²) in [5.41, 5.74) is 1.65. The Labute approximate surface area is 178 Å².